The lowest BCUT2D eigenvalue weighted by atomic mass is 10.1. The average molecular weight is 331 g/mol. The highest BCUT2D eigenvalue weighted by atomic mass is 15.1. The first kappa shape index (κ1) is 15.6. The van der Waals surface area contributed by atoms with E-state index in [1.54, 1.807) is 0 Å². The van der Waals surface area contributed by atoms with Gasteiger partial charge < -0.3 is 16.0 Å². The summed E-state index contributed by atoms with van der Waals surface area (Å²) in [4.78, 5) is 9.26. The zero-order chi connectivity index (χ0) is 17.4. The van der Waals surface area contributed by atoms with Gasteiger partial charge >= 0.3 is 0 Å². The lowest BCUT2D eigenvalue weighted by molar-refractivity contribution is 0.754. The number of nitrogen functional groups attached to an aromatic ring is 1. The number of hydrogen-bond acceptors (Lipinski definition) is 4. The molecule has 0 atom stereocenters. The van der Waals surface area contributed by atoms with Gasteiger partial charge in [0, 0.05) is 30.3 Å². The Bertz CT molecular complexity index is 1050. The molecule has 0 radical (unpaired) electrons. The summed E-state index contributed by atoms with van der Waals surface area (Å²) in [6, 6.07) is 16.5. The van der Waals surface area contributed by atoms with Crippen molar-refractivity contribution in [2.24, 2.45) is 5.73 Å². The van der Waals surface area contributed by atoms with Crippen molar-refractivity contribution in [2.75, 3.05) is 5.73 Å². The van der Waals surface area contributed by atoms with Crippen LogP contribution in [0.5, 0.6) is 0 Å². The van der Waals surface area contributed by atoms with Crippen LogP contribution in [0, 0.1) is 0 Å². The van der Waals surface area contributed by atoms with Crippen LogP contribution in [0.25, 0.3) is 21.9 Å². The Labute approximate surface area is 146 Å². The second-order valence-corrected chi connectivity index (χ2v) is 6.20. The van der Waals surface area contributed by atoms with Crippen molar-refractivity contribution in [2.45, 2.75) is 26.4 Å². The van der Waals surface area contributed by atoms with Crippen molar-refractivity contribution in [1.82, 2.24) is 14.5 Å². The fourth-order valence-corrected chi connectivity index (χ4v) is 3.32. The summed E-state index contributed by atoms with van der Waals surface area (Å²) in [6.45, 7) is 3.42. The van der Waals surface area contributed by atoms with E-state index in [0.29, 0.717) is 18.0 Å². The SMILES string of the molecule is CCc1nc2nc(N)c3ccccc3c2n1Cc1ccc(CN)cc1. The fraction of sp³-hybridized carbons (Fsp3) is 0.200. The molecule has 2 aromatic heterocycles. The molecule has 0 amide bonds. The van der Waals surface area contributed by atoms with Crippen molar-refractivity contribution >= 4 is 27.8 Å². The standard InChI is InChI=1S/C20H21N5/c1-2-17-23-20-18(15-5-3-4-6-16(15)19(22)24-20)25(17)12-14-9-7-13(11-21)8-10-14/h3-10H,2,11-12,21H2,1H3,(H2,22,24). The van der Waals surface area contributed by atoms with E-state index in [2.05, 4.69) is 46.8 Å². The van der Waals surface area contributed by atoms with Crippen molar-refractivity contribution in [3.8, 4) is 0 Å². The van der Waals surface area contributed by atoms with Crippen LogP contribution in [-0.2, 0) is 19.5 Å². The fourth-order valence-electron chi connectivity index (χ4n) is 3.32. The topological polar surface area (TPSA) is 82.8 Å². The summed E-state index contributed by atoms with van der Waals surface area (Å²) in [5, 5.41) is 2.06. The first-order valence-electron chi connectivity index (χ1n) is 8.52. The number of hydrogen-bond donors (Lipinski definition) is 2. The number of imidazole rings is 1. The minimum absolute atomic E-state index is 0.530. The van der Waals surface area contributed by atoms with Crippen LogP contribution < -0.4 is 11.5 Å². The van der Waals surface area contributed by atoms with E-state index >= 15 is 0 Å². The van der Waals surface area contributed by atoms with E-state index in [0.717, 1.165) is 40.6 Å². The van der Waals surface area contributed by atoms with E-state index in [9.17, 15) is 0 Å². The third-order valence-corrected chi connectivity index (χ3v) is 4.63. The van der Waals surface area contributed by atoms with Crippen LogP contribution in [0.1, 0.15) is 23.9 Å². The Morgan fingerprint density at radius 1 is 0.920 bits per heavy atom. The largest absolute Gasteiger partial charge is 0.383 e. The Morgan fingerprint density at radius 2 is 1.60 bits per heavy atom. The third kappa shape index (κ3) is 2.62. The first-order chi connectivity index (χ1) is 12.2. The second-order valence-electron chi connectivity index (χ2n) is 6.20. The maximum Gasteiger partial charge on any atom is 0.180 e. The molecule has 0 saturated carbocycles. The van der Waals surface area contributed by atoms with Crippen LogP contribution in [0.4, 0.5) is 5.82 Å². The number of anilines is 1. The van der Waals surface area contributed by atoms with Gasteiger partial charge in [-0.2, -0.15) is 0 Å². The Kier molecular flexibility index (Phi) is 3.86. The monoisotopic (exact) mass is 331 g/mol. The molecule has 0 fully saturated rings. The molecule has 126 valence electrons. The van der Waals surface area contributed by atoms with Crippen molar-refractivity contribution in [3.05, 3.63) is 65.5 Å². The predicted molar refractivity (Wildman–Crippen MR) is 102 cm³/mol. The van der Waals surface area contributed by atoms with Gasteiger partial charge in [-0.3, -0.25) is 0 Å². The molecule has 5 heteroatoms. The molecule has 2 heterocycles. The molecule has 25 heavy (non-hydrogen) atoms. The number of pyridine rings is 1. The molecule has 0 aliphatic rings. The Morgan fingerprint density at radius 3 is 2.28 bits per heavy atom. The summed E-state index contributed by atoms with van der Waals surface area (Å²) in [6.07, 6.45) is 0.839. The van der Waals surface area contributed by atoms with Crippen molar-refractivity contribution < 1.29 is 0 Å². The molecule has 0 aliphatic heterocycles. The highest BCUT2D eigenvalue weighted by molar-refractivity contribution is 6.07. The summed E-state index contributed by atoms with van der Waals surface area (Å²) >= 11 is 0. The lowest BCUT2D eigenvalue weighted by Gasteiger charge is -2.11. The van der Waals surface area contributed by atoms with Gasteiger partial charge in [0.15, 0.2) is 5.65 Å². The quantitative estimate of drug-likeness (QED) is 0.601. The molecule has 4 rings (SSSR count). The highest BCUT2D eigenvalue weighted by Gasteiger charge is 2.15. The molecule has 0 spiro atoms. The zero-order valence-corrected chi connectivity index (χ0v) is 14.2. The minimum Gasteiger partial charge on any atom is -0.383 e. The molecular weight excluding hydrogens is 310 g/mol. The van der Waals surface area contributed by atoms with Crippen LogP contribution in [0.2, 0.25) is 0 Å². The van der Waals surface area contributed by atoms with Gasteiger partial charge in [0.2, 0.25) is 0 Å². The van der Waals surface area contributed by atoms with Gasteiger partial charge in [-0.15, -0.1) is 0 Å². The molecule has 0 aliphatic carbocycles. The second kappa shape index (κ2) is 6.18. The molecule has 4 N–H and O–H groups in total. The van der Waals surface area contributed by atoms with E-state index in [4.69, 9.17) is 16.5 Å². The summed E-state index contributed by atoms with van der Waals surface area (Å²) in [7, 11) is 0. The average Bonchev–Trinajstić information content (AvgIpc) is 3.00. The number of aryl methyl sites for hydroxylation is 1. The molecule has 0 bridgehead atoms. The minimum atomic E-state index is 0.530. The predicted octanol–water partition coefficient (Wildman–Crippen LogP) is 3.24. The van der Waals surface area contributed by atoms with Gasteiger partial charge in [0.25, 0.3) is 0 Å². The Hall–Kier alpha value is -2.92. The Balaban J connectivity index is 1.93. The summed E-state index contributed by atoms with van der Waals surface area (Å²) in [5.74, 6) is 1.55. The van der Waals surface area contributed by atoms with Crippen LogP contribution in [0.15, 0.2) is 48.5 Å². The van der Waals surface area contributed by atoms with Crippen LogP contribution >= 0.6 is 0 Å². The molecule has 5 nitrogen and oxygen atoms in total. The van der Waals surface area contributed by atoms with Crippen molar-refractivity contribution in [3.63, 3.8) is 0 Å². The first-order valence-corrected chi connectivity index (χ1v) is 8.52. The van der Waals surface area contributed by atoms with E-state index in [-0.39, 0.29) is 0 Å². The number of nitrogens with zero attached hydrogens (tertiary/aromatic N) is 3. The highest BCUT2D eigenvalue weighted by Crippen LogP contribution is 2.29. The maximum atomic E-state index is 6.14. The van der Waals surface area contributed by atoms with Crippen LogP contribution in [0.3, 0.4) is 0 Å². The van der Waals surface area contributed by atoms with Gasteiger partial charge in [0.05, 0.1) is 5.52 Å². The number of benzene rings is 2. The van der Waals surface area contributed by atoms with E-state index < -0.39 is 0 Å². The smallest absolute Gasteiger partial charge is 0.180 e. The van der Waals surface area contributed by atoms with Crippen molar-refractivity contribution in [1.29, 1.82) is 0 Å². The zero-order valence-electron chi connectivity index (χ0n) is 14.2. The number of rotatable bonds is 4. The number of fused-ring (bicyclic) bond motifs is 3. The molecule has 2 aromatic carbocycles. The van der Waals surface area contributed by atoms with Gasteiger partial charge in [-0.25, -0.2) is 9.97 Å². The van der Waals surface area contributed by atoms with Gasteiger partial charge in [-0.05, 0) is 11.1 Å². The number of nitrogens with two attached hydrogens (primary N) is 2. The maximum absolute atomic E-state index is 6.14. The lowest BCUT2D eigenvalue weighted by Crippen LogP contribution is -2.05. The van der Waals surface area contributed by atoms with Gasteiger partial charge in [-0.1, -0.05) is 55.5 Å². The van der Waals surface area contributed by atoms with Gasteiger partial charge in [0.1, 0.15) is 11.6 Å². The summed E-state index contributed by atoms with van der Waals surface area (Å²) in [5.41, 5.74) is 15.9. The normalized spacial score (nSPS) is 11.4. The molecule has 0 saturated heterocycles. The molecular formula is C20H21N5. The third-order valence-electron chi connectivity index (χ3n) is 4.63. The number of aromatic nitrogens is 3. The van der Waals surface area contributed by atoms with Crippen LogP contribution in [-0.4, -0.2) is 14.5 Å². The summed E-state index contributed by atoms with van der Waals surface area (Å²) < 4.78 is 2.25. The molecule has 0 unspecified atom stereocenters. The van der Waals surface area contributed by atoms with E-state index in [1.807, 2.05) is 18.2 Å². The molecule has 4 aromatic rings. The van der Waals surface area contributed by atoms with E-state index in [1.165, 1.54) is 5.56 Å².